The molecule has 4 nitrogen and oxygen atoms in total. The Balaban J connectivity index is 1.92. The van der Waals surface area contributed by atoms with Crippen molar-refractivity contribution in [1.29, 1.82) is 5.26 Å². The highest BCUT2D eigenvalue weighted by Crippen LogP contribution is 2.28. The molecule has 2 aromatic carbocycles. The summed E-state index contributed by atoms with van der Waals surface area (Å²) in [7, 11) is 2.14. The Hall–Kier alpha value is -1.87. The van der Waals surface area contributed by atoms with E-state index in [-0.39, 0.29) is 6.04 Å². The summed E-state index contributed by atoms with van der Waals surface area (Å²) in [6, 6.07) is 15.9. The van der Waals surface area contributed by atoms with Gasteiger partial charge in [-0.1, -0.05) is 28.1 Å². The van der Waals surface area contributed by atoms with Crippen LogP contribution in [0.2, 0.25) is 0 Å². The van der Waals surface area contributed by atoms with Crippen molar-refractivity contribution in [1.82, 2.24) is 4.90 Å². The number of nitriles is 1. The van der Waals surface area contributed by atoms with Gasteiger partial charge in [0.05, 0.1) is 17.7 Å². The van der Waals surface area contributed by atoms with Crippen molar-refractivity contribution >= 4 is 21.6 Å². The van der Waals surface area contributed by atoms with E-state index in [0.717, 1.165) is 47.5 Å². The molecule has 1 unspecified atom stereocenters. The van der Waals surface area contributed by atoms with Crippen LogP contribution in [0.25, 0.3) is 0 Å². The number of hydrogen-bond acceptors (Lipinski definition) is 4. The lowest BCUT2D eigenvalue weighted by Crippen LogP contribution is -2.44. The van der Waals surface area contributed by atoms with Crippen LogP contribution >= 0.6 is 15.9 Å². The highest BCUT2D eigenvalue weighted by molar-refractivity contribution is 9.10. The monoisotopic (exact) mass is 384 g/mol. The fourth-order valence-corrected chi connectivity index (χ4v) is 3.28. The van der Waals surface area contributed by atoms with Crippen LogP contribution in [0.4, 0.5) is 5.69 Å². The Labute approximate surface area is 151 Å². The number of likely N-dealkylation sites (N-methyl/N-ethyl adjacent to an activating group) is 1. The topological polar surface area (TPSA) is 56.3 Å². The molecule has 2 N–H and O–H groups in total. The number of anilines is 1. The van der Waals surface area contributed by atoms with E-state index in [2.05, 4.69) is 44.9 Å². The minimum absolute atomic E-state index is 0.305. The van der Waals surface area contributed by atoms with E-state index in [1.54, 1.807) is 0 Å². The molecule has 0 bridgehead atoms. The first-order chi connectivity index (χ1) is 11.6. The SMILES string of the molecule is CN1CCN(c2ccc(C#N)c(C(N)c3ccc(Br)cc3)c2)CC1. The summed E-state index contributed by atoms with van der Waals surface area (Å²) in [6.45, 7) is 4.09. The van der Waals surface area contributed by atoms with Gasteiger partial charge >= 0.3 is 0 Å². The van der Waals surface area contributed by atoms with Gasteiger partial charge in [0, 0.05) is 36.3 Å². The molecule has 1 aliphatic heterocycles. The van der Waals surface area contributed by atoms with Crippen LogP contribution in [-0.2, 0) is 0 Å². The number of piperazine rings is 1. The third kappa shape index (κ3) is 3.62. The fraction of sp³-hybridized carbons (Fsp3) is 0.316. The molecule has 0 amide bonds. The average Bonchev–Trinajstić information content (AvgIpc) is 2.62. The van der Waals surface area contributed by atoms with Gasteiger partial charge in [0.25, 0.3) is 0 Å². The molecule has 0 radical (unpaired) electrons. The van der Waals surface area contributed by atoms with Crippen molar-refractivity contribution < 1.29 is 0 Å². The van der Waals surface area contributed by atoms with Crippen molar-refractivity contribution in [3.63, 3.8) is 0 Å². The second-order valence-electron chi connectivity index (χ2n) is 6.20. The molecule has 0 aromatic heterocycles. The predicted molar refractivity (Wildman–Crippen MR) is 101 cm³/mol. The third-order valence-electron chi connectivity index (χ3n) is 4.59. The molecule has 1 fully saturated rings. The summed E-state index contributed by atoms with van der Waals surface area (Å²) in [5, 5.41) is 9.46. The molecule has 2 aromatic rings. The third-order valence-corrected chi connectivity index (χ3v) is 5.12. The normalized spacial score (nSPS) is 16.7. The first-order valence-corrected chi connectivity index (χ1v) is 8.86. The van der Waals surface area contributed by atoms with Crippen LogP contribution in [0.5, 0.6) is 0 Å². The molecule has 3 rings (SSSR count). The zero-order valence-corrected chi connectivity index (χ0v) is 15.3. The summed E-state index contributed by atoms with van der Waals surface area (Å²) in [4.78, 5) is 4.69. The maximum absolute atomic E-state index is 9.46. The molecule has 0 spiro atoms. The Morgan fingerprint density at radius 2 is 1.75 bits per heavy atom. The standard InChI is InChI=1S/C19H21BrN4/c1-23-8-10-24(11-9-23)17-7-4-15(13-21)18(12-17)19(22)14-2-5-16(20)6-3-14/h2-7,12,19H,8-11,22H2,1H3. The number of hydrogen-bond donors (Lipinski definition) is 1. The van der Waals surface area contributed by atoms with Crippen LogP contribution in [0, 0.1) is 11.3 Å². The van der Waals surface area contributed by atoms with Crippen LogP contribution in [0.3, 0.4) is 0 Å². The minimum atomic E-state index is -0.305. The Kier molecular flexibility index (Phi) is 5.20. The highest BCUT2D eigenvalue weighted by Gasteiger charge is 2.18. The van der Waals surface area contributed by atoms with E-state index in [4.69, 9.17) is 5.73 Å². The first kappa shape index (κ1) is 17.0. The fourth-order valence-electron chi connectivity index (χ4n) is 3.02. The van der Waals surface area contributed by atoms with E-state index >= 15 is 0 Å². The Morgan fingerprint density at radius 1 is 1.08 bits per heavy atom. The number of nitrogens with zero attached hydrogens (tertiary/aromatic N) is 3. The molecule has 124 valence electrons. The van der Waals surface area contributed by atoms with Gasteiger partial charge in [-0.25, -0.2) is 0 Å². The van der Waals surface area contributed by atoms with Gasteiger partial charge in [-0.15, -0.1) is 0 Å². The largest absolute Gasteiger partial charge is 0.369 e. The zero-order chi connectivity index (χ0) is 17.1. The lowest BCUT2D eigenvalue weighted by molar-refractivity contribution is 0.313. The summed E-state index contributed by atoms with van der Waals surface area (Å²) in [6.07, 6.45) is 0. The number of rotatable bonds is 3. The molecule has 0 saturated carbocycles. The zero-order valence-electron chi connectivity index (χ0n) is 13.7. The van der Waals surface area contributed by atoms with Crippen LogP contribution < -0.4 is 10.6 Å². The van der Waals surface area contributed by atoms with Gasteiger partial charge in [0.15, 0.2) is 0 Å². The van der Waals surface area contributed by atoms with Crippen molar-refractivity contribution in [3.8, 4) is 6.07 Å². The maximum Gasteiger partial charge on any atom is 0.0995 e. The molecule has 1 saturated heterocycles. The van der Waals surface area contributed by atoms with Crippen molar-refractivity contribution in [3.05, 3.63) is 63.6 Å². The summed E-state index contributed by atoms with van der Waals surface area (Å²) in [5.74, 6) is 0. The minimum Gasteiger partial charge on any atom is -0.369 e. The number of benzene rings is 2. The van der Waals surface area contributed by atoms with Gasteiger partial charge in [0.2, 0.25) is 0 Å². The van der Waals surface area contributed by atoms with Crippen LogP contribution in [0.15, 0.2) is 46.9 Å². The quantitative estimate of drug-likeness (QED) is 0.882. The molecule has 0 aliphatic carbocycles. The van der Waals surface area contributed by atoms with Crippen LogP contribution in [0.1, 0.15) is 22.7 Å². The Bertz CT molecular complexity index is 743. The predicted octanol–water partition coefficient (Wildman–Crippen LogP) is 3.12. The second kappa shape index (κ2) is 7.35. The summed E-state index contributed by atoms with van der Waals surface area (Å²) >= 11 is 3.44. The molecular formula is C19H21BrN4. The van der Waals surface area contributed by atoms with Gasteiger partial charge < -0.3 is 15.5 Å². The molecule has 1 heterocycles. The molecule has 24 heavy (non-hydrogen) atoms. The molecule has 1 aliphatic rings. The maximum atomic E-state index is 9.46. The molecular weight excluding hydrogens is 364 g/mol. The lowest BCUT2D eigenvalue weighted by Gasteiger charge is -2.34. The smallest absolute Gasteiger partial charge is 0.0995 e. The van der Waals surface area contributed by atoms with E-state index in [1.165, 1.54) is 0 Å². The first-order valence-electron chi connectivity index (χ1n) is 8.07. The second-order valence-corrected chi connectivity index (χ2v) is 7.12. The highest BCUT2D eigenvalue weighted by atomic mass is 79.9. The molecule has 1 atom stereocenters. The van der Waals surface area contributed by atoms with Crippen molar-refractivity contribution in [2.24, 2.45) is 5.73 Å². The molecule has 5 heteroatoms. The number of nitrogens with two attached hydrogens (primary N) is 1. The van der Waals surface area contributed by atoms with Crippen LogP contribution in [-0.4, -0.2) is 38.1 Å². The van der Waals surface area contributed by atoms with E-state index in [9.17, 15) is 5.26 Å². The van der Waals surface area contributed by atoms with Gasteiger partial charge in [-0.2, -0.15) is 5.26 Å². The van der Waals surface area contributed by atoms with Gasteiger partial charge in [-0.05, 0) is 48.5 Å². The van der Waals surface area contributed by atoms with E-state index in [1.807, 2.05) is 36.4 Å². The van der Waals surface area contributed by atoms with Crippen molar-refractivity contribution in [2.45, 2.75) is 6.04 Å². The average molecular weight is 385 g/mol. The van der Waals surface area contributed by atoms with Gasteiger partial charge in [-0.3, -0.25) is 0 Å². The van der Waals surface area contributed by atoms with E-state index < -0.39 is 0 Å². The van der Waals surface area contributed by atoms with Crippen molar-refractivity contribution in [2.75, 3.05) is 38.1 Å². The summed E-state index contributed by atoms with van der Waals surface area (Å²) < 4.78 is 1.02. The Morgan fingerprint density at radius 3 is 2.38 bits per heavy atom. The lowest BCUT2D eigenvalue weighted by atomic mass is 9.95. The van der Waals surface area contributed by atoms with Gasteiger partial charge in [0.1, 0.15) is 0 Å². The number of halogens is 1. The summed E-state index contributed by atoms with van der Waals surface area (Å²) in [5.41, 5.74) is 10.1. The van der Waals surface area contributed by atoms with E-state index in [0.29, 0.717) is 5.56 Å².